The first kappa shape index (κ1) is 13.8. The van der Waals surface area contributed by atoms with Crippen LogP contribution in [0, 0.1) is 0 Å². The molecule has 0 aromatic carbocycles. The van der Waals surface area contributed by atoms with Crippen LogP contribution in [0.25, 0.3) is 0 Å². The highest BCUT2D eigenvalue weighted by atomic mass is 16.5. The Morgan fingerprint density at radius 2 is 1.89 bits per heavy atom. The third-order valence-electron chi connectivity index (χ3n) is 4.59. The third kappa shape index (κ3) is 2.54. The molecule has 1 amide bonds. The molecule has 1 saturated carbocycles. The molecular weight excluding hydrogens is 228 g/mol. The maximum atomic E-state index is 12.5. The van der Waals surface area contributed by atoms with Crippen LogP contribution in [-0.2, 0) is 9.53 Å². The molecular formula is C14H26N2O2. The van der Waals surface area contributed by atoms with E-state index in [4.69, 9.17) is 4.74 Å². The number of carbonyl (C=O) groups excluding carboxylic acids is 1. The van der Waals surface area contributed by atoms with Gasteiger partial charge in [-0.25, -0.2) is 0 Å². The number of amides is 1. The molecule has 104 valence electrons. The summed E-state index contributed by atoms with van der Waals surface area (Å²) in [7, 11) is 3.78. The fourth-order valence-electron chi connectivity index (χ4n) is 3.48. The number of carbonyl (C=O) groups is 1. The molecule has 0 aromatic rings. The van der Waals surface area contributed by atoms with Crippen molar-refractivity contribution in [1.82, 2.24) is 9.80 Å². The standard InChI is InChI=1S/C14H26N2O2/c1-12(18-3)13(17)16-10-9-15(2)11-14(16)7-5-4-6-8-14/h12H,4-11H2,1-3H3. The smallest absolute Gasteiger partial charge is 0.251 e. The van der Waals surface area contributed by atoms with E-state index in [2.05, 4.69) is 16.8 Å². The number of ether oxygens (including phenoxy) is 1. The number of nitrogens with zero attached hydrogens (tertiary/aromatic N) is 2. The van der Waals surface area contributed by atoms with E-state index in [0.717, 1.165) is 32.5 Å². The molecule has 2 fully saturated rings. The Balaban J connectivity index is 2.17. The van der Waals surface area contributed by atoms with E-state index in [-0.39, 0.29) is 17.6 Å². The van der Waals surface area contributed by atoms with Gasteiger partial charge in [0.2, 0.25) is 0 Å². The Morgan fingerprint density at radius 3 is 2.50 bits per heavy atom. The third-order valence-corrected chi connectivity index (χ3v) is 4.59. The Labute approximate surface area is 110 Å². The van der Waals surface area contributed by atoms with Crippen molar-refractivity contribution in [3.8, 4) is 0 Å². The van der Waals surface area contributed by atoms with Gasteiger partial charge >= 0.3 is 0 Å². The summed E-state index contributed by atoms with van der Waals surface area (Å²) in [4.78, 5) is 17.0. The molecule has 2 rings (SSSR count). The second-order valence-corrected chi connectivity index (χ2v) is 5.89. The number of hydrogen-bond acceptors (Lipinski definition) is 3. The molecule has 4 nitrogen and oxygen atoms in total. The molecule has 1 atom stereocenters. The normalized spacial score (nSPS) is 26.3. The summed E-state index contributed by atoms with van der Waals surface area (Å²) in [5.74, 6) is 0.174. The average Bonchev–Trinajstić information content (AvgIpc) is 2.38. The fraction of sp³-hybridized carbons (Fsp3) is 0.929. The molecule has 0 N–H and O–H groups in total. The van der Waals surface area contributed by atoms with Crippen LogP contribution in [0.1, 0.15) is 39.0 Å². The molecule has 0 bridgehead atoms. The predicted octanol–water partition coefficient (Wildman–Crippen LogP) is 1.50. The molecule has 1 aliphatic heterocycles. The van der Waals surface area contributed by atoms with Crippen molar-refractivity contribution < 1.29 is 9.53 Å². The molecule has 4 heteroatoms. The van der Waals surface area contributed by atoms with Crippen molar-refractivity contribution >= 4 is 5.91 Å². The van der Waals surface area contributed by atoms with Gasteiger partial charge in [-0.2, -0.15) is 0 Å². The Bertz CT molecular complexity index is 300. The van der Waals surface area contributed by atoms with E-state index in [1.807, 2.05) is 6.92 Å². The van der Waals surface area contributed by atoms with E-state index >= 15 is 0 Å². The quantitative estimate of drug-likeness (QED) is 0.748. The van der Waals surface area contributed by atoms with E-state index < -0.39 is 0 Å². The van der Waals surface area contributed by atoms with Gasteiger partial charge in [-0.1, -0.05) is 19.3 Å². The molecule has 18 heavy (non-hydrogen) atoms. The second-order valence-electron chi connectivity index (χ2n) is 5.89. The summed E-state index contributed by atoms with van der Waals surface area (Å²) >= 11 is 0. The van der Waals surface area contributed by atoms with Gasteiger partial charge in [0.15, 0.2) is 0 Å². The van der Waals surface area contributed by atoms with Gasteiger partial charge in [0.25, 0.3) is 5.91 Å². The van der Waals surface area contributed by atoms with Crippen molar-refractivity contribution in [2.75, 3.05) is 33.8 Å². The van der Waals surface area contributed by atoms with E-state index in [9.17, 15) is 4.79 Å². The van der Waals surface area contributed by atoms with Crippen LogP contribution in [0.2, 0.25) is 0 Å². The highest BCUT2D eigenvalue weighted by Crippen LogP contribution is 2.36. The first-order valence-electron chi connectivity index (χ1n) is 7.12. The van der Waals surface area contributed by atoms with Gasteiger partial charge in [0.05, 0.1) is 5.54 Å². The number of hydrogen-bond donors (Lipinski definition) is 0. The summed E-state index contributed by atoms with van der Waals surface area (Å²) in [5.41, 5.74) is 0.0785. The molecule has 1 saturated heterocycles. The predicted molar refractivity (Wildman–Crippen MR) is 71.5 cm³/mol. The summed E-state index contributed by atoms with van der Waals surface area (Å²) in [5, 5.41) is 0. The summed E-state index contributed by atoms with van der Waals surface area (Å²) < 4.78 is 5.22. The highest BCUT2D eigenvalue weighted by molar-refractivity contribution is 5.81. The summed E-state index contributed by atoms with van der Waals surface area (Å²) in [6.07, 6.45) is 5.80. The second kappa shape index (κ2) is 5.57. The van der Waals surface area contributed by atoms with Gasteiger partial charge in [-0.15, -0.1) is 0 Å². The SMILES string of the molecule is COC(C)C(=O)N1CCN(C)CC12CCCCC2. The summed E-state index contributed by atoms with van der Waals surface area (Å²) in [6, 6.07) is 0. The van der Waals surface area contributed by atoms with Crippen molar-refractivity contribution in [2.24, 2.45) is 0 Å². The lowest BCUT2D eigenvalue weighted by atomic mass is 9.78. The van der Waals surface area contributed by atoms with Gasteiger partial charge in [0, 0.05) is 26.7 Å². The average molecular weight is 254 g/mol. The minimum absolute atomic E-state index is 0.0785. The van der Waals surface area contributed by atoms with Gasteiger partial charge in [0.1, 0.15) is 6.10 Å². The lowest BCUT2D eigenvalue weighted by molar-refractivity contribution is -0.154. The van der Waals surface area contributed by atoms with Gasteiger partial charge < -0.3 is 14.5 Å². The van der Waals surface area contributed by atoms with Crippen LogP contribution < -0.4 is 0 Å². The zero-order valence-electron chi connectivity index (χ0n) is 11.9. The minimum atomic E-state index is -0.313. The number of piperazine rings is 1. The lowest BCUT2D eigenvalue weighted by Gasteiger charge is -2.52. The van der Waals surface area contributed by atoms with Crippen LogP contribution in [0.5, 0.6) is 0 Å². The van der Waals surface area contributed by atoms with Crippen molar-refractivity contribution in [3.63, 3.8) is 0 Å². The molecule has 0 radical (unpaired) electrons. The number of methoxy groups -OCH3 is 1. The van der Waals surface area contributed by atoms with Crippen LogP contribution in [0.15, 0.2) is 0 Å². The molecule has 1 spiro atoms. The molecule has 2 aliphatic rings. The number of rotatable bonds is 2. The number of likely N-dealkylation sites (N-methyl/N-ethyl adjacent to an activating group) is 1. The van der Waals surface area contributed by atoms with E-state index in [0.29, 0.717) is 0 Å². The Hall–Kier alpha value is -0.610. The first-order chi connectivity index (χ1) is 8.59. The maximum absolute atomic E-state index is 12.5. The fourth-order valence-corrected chi connectivity index (χ4v) is 3.48. The summed E-state index contributed by atoms with van der Waals surface area (Å²) in [6.45, 7) is 4.71. The van der Waals surface area contributed by atoms with Crippen LogP contribution >= 0.6 is 0 Å². The van der Waals surface area contributed by atoms with Crippen LogP contribution in [0.3, 0.4) is 0 Å². The highest BCUT2D eigenvalue weighted by Gasteiger charge is 2.44. The van der Waals surface area contributed by atoms with Gasteiger partial charge in [-0.05, 0) is 26.8 Å². The Kier molecular flexibility index (Phi) is 4.28. The lowest BCUT2D eigenvalue weighted by Crippen LogP contribution is -2.65. The van der Waals surface area contributed by atoms with Crippen LogP contribution in [0.4, 0.5) is 0 Å². The van der Waals surface area contributed by atoms with E-state index in [1.54, 1.807) is 7.11 Å². The zero-order valence-corrected chi connectivity index (χ0v) is 11.9. The minimum Gasteiger partial charge on any atom is -0.372 e. The van der Waals surface area contributed by atoms with E-state index in [1.165, 1.54) is 19.3 Å². The van der Waals surface area contributed by atoms with Crippen molar-refractivity contribution in [1.29, 1.82) is 0 Å². The topological polar surface area (TPSA) is 32.8 Å². The largest absolute Gasteiger partial charge is 0.372 e. The zero-order chi connectivity index (χ0) is 13.2. The molecule has 1 unspecified atom stereocenters. The monoisotopic (exact) mass is 254 g/mol. The Morgan fingerprint density at radius 1 is 1.22 bits per heavy atom. The van der Waals surface area contributed by atoms with Gasteiger partial charge in [-0.3, -0.25) is 4.79 Å². The van der Waals surface area contributed by atoms with Crippen molar-refractivity contribution in [2.45, 2.75) is 50.7 Å². The first-order valence-corrected chi connectivity index (χ1v) is 7.12. The molecule has 1 aliphatic carbocycles. The van der Waals surface area contributed by atoms with Crippen molar-refractivity contribution in [3.05, 3.63) is 0 Å². The maximum Gasteiger partial charge on any atom is 0.251 e. The molecule has 1 heterocycles. The molecule has 0 aromatic heterocycles. The van der Waals surface area contributed by atoms with Crippen LogP contribution in [-0.4, -0.2) is 61.1 Å².